The van der Waals surface area contributed by atoms with Crippen molar-refractivity contribution in [1.29, 1.82) is 0 Å². The third-order valence-corrected chi connectivity index (χ3v) is 4.14. The third kappa shape index (κ3) is 3.79. The Balaban J connectivity index is 1.64. The van der Waals surface area contributed by atoms with Crippen LogP contribution in [0.1, 0.15) is 40.0 Å². The van der Waals surface area contributed by atoms with Gasteiger partial charge in [-0.15, -0.1) is 0 Å². The number of carbonyl (C=O) groups is 2. The second-order valence-corrected chi connectivity index (χ2v) is 5.89. The van der Waals surface area contributed by atoms with Crippen LogP contribution in [-0.2, 0) is 0 Å². The molecule has 1 saturated heterocycles. The van der Waals surface area contributed by atoms with Gasteiger partial charge in [-0.2, -0.15) is 0 Å². The zero-order valence-corrected chi connectivity index (χ0v) is 13.3. The highest BCUT2D eigenvalue weighted by Crippen LogP contribution is 2.16. The van der Waals surface area contributed by atoms with Gasteiger partial charge < -0.3 is 10.2 Å². The number of likely N-dealkylation sites (tertiary alicyclic amines) is 1. The lowest BCUT2D eigenvalue weighted by atomic mass is 10.1. The summed E-state index contributed by atoms with van der Waals surface area (Å²) >= 11 is 0. The summed E-state index contributed by atoms with van der Waals surface area (Å²) in [4.78, 5) is 26.3. The molecule has 2 aromatic carbocycles. The number of anilines is 1. The third-order valence-electron chi connectivity index (χ3n) is 4.14. The van der Waals surface area contributed by atoms with Crippen molar-refractivity contribution >= 4 is 17.5 Å². The second kappa shape index (κ2) is 7.25. The number of nitrogens with one attached hydrogen (secondary N) is 1. The van der Waals surface area contributed by atoms with E-state index >= 15 is 0 Å². The molecule has 0 aromatic heterocycles. The number of rotatable bonds is 3. The van der Waals surface area contributed by atoms with Gasteiger partial charge in [-0.25, -0.2) is 4.39 Å². The molecule has 1 aliphatic rings. The quantitative estimate of drug-likeness (QED) is 0.935. The van der Waals surface area contributed by atoms with Gasteiger partial charge in [-0.05, 0) is 67.8 Å². The molecule has 0 atom stereocenters. The van der Waals surface area contributed by atoms with Gasteiger partial charge >= 0.3 is 0 Å². The molecule has 3 rings (SSSR count). The van der Waals surface area contributed by atoms with Crippen LogP contribution in [0.5, 0.6) is 0 Å². The molecule has 5 heteroatoms. The zero-order valence-electron chi connectivity index (χ0n) is 13.3. The SMILES string of the molecule is O=C(Nc1ccc(C(=O)N2CCCCC2)cc1)c1ccc(F)cc1. The summed E-state index contributed by atoms with van der Waals surface area (Å²) in [6.45, 7) is 1.61. The number of nitrogens with zero attached hydrogens (tertiary/aromatic N) is 1. The van der Waals surface area contributed by atoms with Crippen LogP contribution in [0.25, 0.3) is 0 Å². The molecule has 2 aromatic rings. The number of halogens is 1. The van der Waals surface area contributed by atoms with Crippen molar-refractivity contribution in [2.24, 2.45) is 0 Å². The van der Waals surface area contributed by atoms with Crippen LogP contribution in [0.2, 0.25) is 0 Å². The molecule has 1 heterocycles. The molecular formula is C19H19FN2O2. The summed E-state index contributed by atoms with van der Waals surface area (Å²) in [7, 11) is 0. The minimum atomic E-state index is -0.382. The first-order chi connectivity index (χ1) is 11.6. The monoisotopic (exact) mass is 326 g/mol. The van der Waals surface area contributed by atoms with E-state index in [0.717, 1.165) is 25.9 Å². The van der Waals surface area contributed by atoms with E-state index < -0.39 is 0 Å². The van der Waals surface area contributed by atoms with Crippen molar-refractivity contribution in [3.8, 4) is 0 Å². The largest absolute Gasteiger partial charge is 0.339 e. The predicted octanol–water partition coefficient (Wildman–Crippen LogP) is 3.70. The van der Waals surface area contributed by atoms with E-state index in [4.69, 9.17) is 0 Å². The maximum absolute atomic E-state index is 12.9. The van der Waals surface area contributed by atoms with Crippen molar-refractivity contribution in [2.45, 2.75) is 19.3 Å². The number of benzene rings is 2. The van der Waals surface area contributed by atoms with Crippen LogP contribution < -0.4 is 5.32 Å². The maximum atomic E-state index is 12.9. The lowest BCUT2D eigenvalue weighted by Crippen LogP contribution is -2.35. The van der Waals surface area contributed by atoms with Crippen molar-refractivity contribution in [2.75, 3.05) is 18.4 Å². The van der Waals surface area contributed by atoms with E-state index in [0.29, 0.717) is 16.8 Å². The van der Waals surface area contributed by atoms with Crippen LogP contribution in [0.15, 0.2) is 48.5 Å². The molecule has 24 heavy (non-hydrogen) atoms. The van der Waals surface area contributed by atoms with Crippen LogP contribution in [0, 0.1) is 5.82 Å². The van der Waals surface area contributed by atoms with Crippen molar-refractivity contribution in [3.05, 3.63) is 65.5 Å². The topological polar surface area (TPSA) is 49.4 Å². The highest BCUT2D eigenvalue weighted by molar-refractivity contribution is 6.04. The first-order valence-electron chi connectivity index (χ1n) is 8.10. The predicted molar refractivity (Wildman–Crippen MR) is 90.5 cm³/mol. The number of piperidine rings is 1. The fraction of sp³-hybridized carbons (Fsp3) is 0.263. The minimum absolute atomic E-state index is 0.0334. The number of amides is 2. The van der Waals surface area contributed by atoms with E-state index in [-0.39, 0.29) is 17.6 Å². The van der Waals surface area contributed by atoms with Gasteiger partial charge in [0, 0.05) is 29.9 Å². The van der Waals surface area contributed by atoms with Gasteiger partial charge in [0.1, 0.15) is 5.82 Å². The van der Waals surface area contributed by atoms with Crippen LogP contribution >= 0.6 is 0 Å². The lowest BCUT2D eigenvalue weighted by molar-refractivity contribution is 0.0724. The van der Waals surface area contributed by atoms with E-state index in [1.54, 1.807) is 24.3 Å². The van der Waals surface area contributed by atoms with Crippen molar-refractivity contribution in [3.63, 3.8) is 0 Å². The number of hydrogen-bond donors (Lipinski definition) is 1. The van der Waals surface area contributed by atoms with Crippen molar-refractivity contribution < 1.29 is 14.0 Å². The summed E-state index contributed by atoms with van der Waals surface area (Å²) in [6, 6.07) is 12.2. The summed E-state index contributed by atoms with van der Waals surface area (Å²) in [5.74, 6) is -0.664. The molecule has 1 aliphatic heterocycles. The molecule has 0 saturated carbocycles. The molecule has 0 aliphatic carbocycles. The summed E-state index contributed by atoms with van der Waals surface area (Å²) in [5, 5.41) is 2.74. The van der Waals surface area contributed by atoms with Crippen LogP contribution in [0.4, 0.5) is 10.1 Å². The Morgan fingerprint density at radius 3 is 2.04 bits per heavy atom. The maximum Gasteiger partial charge on any atom is 0.255 e. The Hall–Kier alpha value is -2.69. The average Bonchev–Trinajstić information content (AvgIpc) is 2.63. The molecule has 0 radical (unpaired) electrons. The minimum Gasteiger partial charge on any atom is -0.339 e. The Kier molecular flexibility index (Phi) is 4.89. The smallest absolute Gasteiger partial charge is 0.255 e. The van der Waals surface area contributed by atoms with Gasteiger partial charge in [-0.3, -0.25) is 9.59 Å². The standard InChI is InChI=1S/C19H19FN2O2/c20-16-8-4-14(5-9-16)18(23)21-17-10-6-15(7-11-17)19(24)22-12-2-1-3-13-22/h4-11H,1-3,12-13H2,(H,21,23). The summed E-state index contributed by atoms with van der Waals surface area (Å²) in [6.07, 6.45) is 3.28. The Morgan fingerprint density at radius 1 is 0.833 bits per heavy atom. The van der Waals surface area contributed by atoms with Crippen molar-refractivity contribution in [1.82, 2.24) is 4.90 Å². The lowest BCUT2D eigenvalue weighted by Gasteiger charge is -2.26. The highest BCUT2D eigenvalue weighted by Gasteiger charge is 2.18. The average molecular weight is 326 g/mol. The van der Waals surface area contributed by atoms with Gasteiger partial charge in [0.25, 0.3) is 11.8 Å². The summed E-state index contributed by atoms with van der Waals surface area (Å²) < 4.78 is 12.9. The number of hydrogen-bond acceptors (Lipinski definition) is 2. The Labute approximate surface area is 140 Å². The van der Waals surface area contributed by atoms with Crippen LogP contribution in [-0.4, -0.2) is 29.8 Å². The van der Waals surface area contributed by atoms with E-state index in [1.165, 1.54) is 30.7 Å². The molecule has 1 fully saturated rings. The second-order valence-electron chi connectivity index (χ2n) is 5.89. The molecule has 0 bridgehead atoms. The molecule has 2 amide bonds. The normalized spacial score (nSPS) is 14.3. The van der Waals surface area contributed by atoms with Crippen LogP contribution in [0.3, 0.4) is 0 Å². The molecule has 0 unspecified atom stereocenters. The molecular weight excluding hydrogens is 307 g/mol. The van der Waals surface area contributed by atoms with Gasteiger partial charge in [-0.1, -0.05) is 0 Å². The van der Waals surface area contributed by atoms with E-state index in [9.17, 15) is 14.0 Å². The molecule has 4 nitrogen and oxygen atoms in total. The first-order valence-corrected chi connectivity index (χ1v) is 8.10. The van der Waals surface area contributed by atoms with Gasteiger partial charge in [0.15, 0.2) is 0 Å². The van der Waals surface area contributed by atoms with Gasteiger partial charge in [0.05, 0.1) is 0 Å². The fourth-order valence-corrected chi connectivity index (χ4v) is 2.78. The van der Waals surface area contributed by atoms with E-state index in [2.05, 4.69) is 5.32 Å². The number of carbonyl (C=O) groups excluding carboxylic acids is 2. The Morgan fingerprint density at radius 2 is 1.42 bits per heavy atom. The zero-order chi connectivity index (χ0) is 16.9. The molecule has 124 valence electrons. The first kappa shape index (κ1) is 16.2. The van der Waals surface area contributed by atoms with E-state index in [1.807, 2.05) is 4.90 Å². The Bertz CT molecular complexity index is 720. The fourth-order valence-electron chi connectivity index (χ4n) is 2.78. The molecule has 1 N–H and O–H groups in total. The highest BCUT2D eigenvalue weighted by atomic mass is 19.1. The summed E-state index contributed by atoms with van der Waals surface area (Å²) in [5.41, 5.74) is 1.60. The molecule has 0 spiro atoms. The van der Waals surface area contributed by atoms with Gasteiger partial charge in [0.2, 0.25) is 0 Å².